The highest BCUT2D eigenvalue weighted by Gasteiger charge is 2.05. The minimum atomic E-state index is 0.195. The highest BCUT2D eigenvalue weighted by atomic mass is 16.5. The predicted octanol–water partition coefficient (Wildman–Crippen LogP) is 2.39. The van der Waals surface area contributed by atoms with E-state index in [-0.39, 0.29) is 5.95 Å². The number of hydrogen-bond donors (Lipinski definition) is 2. The molecule has 0 unspecified atom stereocenters. The molecule has 0 fully saturated rings. The molecule has 21 heavy (non-hydrogen) atoms. The van der Waals surface area contributed by atoms with Gasteiger partial charge < -0.3 is 16.2 Å². The van der Waals surface area contributed by atoms with Crippen LogP contribution in [0.3, 0.4) is 0 Å². The molecular weight excluding hydrogens is 264 g/mol. The summed E-state index contributed by atoms with van der Waals surface area (Å²) in [6, 6.07) is 13.9. The molecule has 0 aliphatic rings. The van der Waals surface area contributed by atoms with E-state index in [2.05, 4.69) is 16.0 Å². The first-order valence-corrected chi connectivity index (χ1v) is 6.60. The smallest absolute Gasteiger partial charge is 0.222 e. The normalized spacial score (nSPS) is 10.7. The molecule has 0 aliphatic heterocycles. The Labute approximate surface area is 122 Å². The summed E-state index contributed by atoms with van der Waals surface area (Å²) in [5.74, 6) is 1.45. The van der Waals surface area contributed by atoms with Gasteiger partial charge in [0, 0.05) is 5.39 Å². The van der Waals surface area contributed by atoms with Crippen molar-refractivity contribution < 1.29 is 4.74 Å². The molecule has 2 aromatic carbocycles. The first-order chi connectivity index (χ1) is 10.2. The van der Waals surface area contributed by atoms with Gasteiger partial charge in [-0.25, -0.2) is 4.98 Å². The third-order valence-corrected chi connectivity index (χ3v) is 3.35. The van der Waals surface area contributed by atoms with Crippen LogP contribution in [0, 0.1) is 0 Å². The van der Waals surface area contributed by atoms with Crippen LogP contribution in [0.1, 0.15) is 11.1 Å². The fraction of sp³-hybridized carbons (Fsp3) is 0.125. The van der Waals surface area contributed by atoms with Crippen LogP contribution in [0.25, 0.3) is 10.9 Å². The van der Waals surface area contributed by atoms with Crippen LogP contribution in [0.5, 0.6) is 5.75 Å². The van der Waals surface area contributed by atoms with E-state index in [0.717, 1.165) is 28.6 Å². The van der Waals surface area contributed by atoms with Gasteiger partial charge in [-0.2, -0.15) is 4.98 Å². The van der Waals surface area contributed by atoms with Crippen molar-refractivity contribution in [3.05, 3.63) is 53.6 Å². The lowest BCUT2D eigenvalue weighted by atomic mass is 10.0. The molecule has 0 spiro atoms. The number of rotatable bonds is 3. The Morgan fingerprint density at radius 3 is 2.62 bits per heavy atom. The molecule has 5 heteroatoms. The number of anilines is 2. The minimum absolute atomic E-state index is 0.195. The maximum atomic E-state index is 5.91. The molecular formula is C16H16N4O. The van der Waals surface area contributed by atoms with E-state index in [1.54, 1.807) is 7.11 Å². The number of ether oxygens (including phenoxy) is 1. The number of nitrogen functional groups attached to an aromatic ring is 2. The molecule has 106 valence electrons. The van der Waals surface area contributed by atoms with Crippen LogP contribution in [0.2, 0.25) is 0 Å². The van der Waals surface area contributed by atoms with Gasteiger partial charge in [0.2, 0.25) is 5.95 Å². The van der Waals surface area contributed by atoms with Crippen molar-refractivity contribution in [2.75, 3.05) is 18.6 Å². The summed E-state index contributed by atoms with van der Waals surface area (Å²) >= 11 is 0. The first kappa shape index (κ1) is 13.2. The van der Waals surface area contributed by atoms with Gasteiger partial charge in [-0.05, 0) is 41.8 Å². The highest BCUT2D eigenvalue weighted by molar-refractivity contribution is 5.89. The summed E-state index contributed by atoms with van der Waals surface area (Å²) in [5, 5.41) is 0.824. The zero-order valence-electron chi connectivity index (χ0n) is 11.7. The molecule has 0 bridgehead atoms. The Morgan fingerprint density at radius 2 is 1.81 bits per heavy atom. The highest BCUT2D eigenvalue weighted by Crippen LogP contribution is 2.22. The molecule has 0 radical (unpaired) electrons. The number of aromatic nitrogens is 2. The van der Waals surface area contributed by atoms with E-state index >= 15 is 0 Å². The Bertz CT molecular complexity index is 801. The van der Waals surface area contributed by atoms with Gasteiger partial charge in [-0.15, -0.1) is 0 Å². The summed E-state index contributed by atoms with van der Waals surface area (Å²) < 4.78 is 5.24. The maximum Gasteiger partial charge on any atom is 0.222 e. The zero-order valence-corrected chi connectivity index (χ0v) is 11.7. The summed E-state index contributed by atoms with van der Waals surface area (Å²) in [5.41, 5.74) is 14.6. The summed E-state index contributed by atoms with van der Waals surface area (Å²) in [7, 11) is 1.66. The number of nitrogens with two attached hydrogens (primary N) is 2. The minimum Gasteiger partial charge on any atom is -0.497 e. The number of benzene rings is 2. The van der Waals surface area contributed by atoms with Gasteiger partial charge >= 0.3 is 0 Å². The lowest BCUT2D eigenvalue weighted by Gasteiger charge is -2.07. The fourth-order valence-electron chi connectivity index (χ4n) is 2.35. The lowest BCUT2D eigenvalue weighted by Crippen LogP contribution is -2.01. The van der Waals surface area contributed by atoms with Gasteiger partial charge in [0.15, 0.2) is 0 Å². The van der Waals surface area contributed by atoms with Gasteiger partial charge in [0.25, 0.3) is 0 Å². The largest absolute Gasteiger partial charge is 0.497 e. The van der Waals surface area contributed by atoms with E-state index in [0.29, 0.717) is 5.82 Å². The second kappa shape index (κ2) is 5.28. The summed E-state index contributed by atoms with van der Waals surface area (Å²) in [6.07, 6.45) is 0.789. The molecule has 0 aliphatic carbocycles. The molecule has 0 atom stereocenters. The average Bonchev–Trinajstić information content (AvgIpc) is 2.48. The van der Waals surface area contributed by atoms with Gasteiger partial charge in [0.05, 0.1) is 12.6 Å². The Morgan fingerprint density at radius 1 is 1.00 bits per heavy atom. The van der Waals surface area contributed by atoms with Crippen LogP contribution in [0.4, 0.5) is 11.8 Å². The van der Waals surface area contributed by atoms with Crippen molar-refractivity contribution in [1.29, 1.82) is 0 Å². The van der Waals surface area contributed by atoms with Crippen molar-refractivity contribution in [2.45, 2.75) is 6.42 Å². The Kier molecular flexibility index (Phi) is 3.31. The molecule has 0 saturated carbocycles. The van der Waals surface area contributed by atoms with Crippen LogP contribution >= 0.6 is 0 Å². The lowest BCUT2D eigenvalue weighted by molar-refractivity contribution is 0.414. The summed E-state index contributed by atoms with van der Waals surface area (Å²) in [6.45, 7) is 0. The first-order valence-electron chi connectivity index (χ1n) is 6.60. The topological polar surface area (TPSA) is 87.0 Å². The van der Waals surface area contributed by atoms with Crippen molar-refractivity contribution in [3.8, 4) is 5.75 Å². The standard InChI is InChI=1S/C16H16N4O/c1-21-12-4-2-3-10(8-12)7-11-5-6-14-13(9-11)15(17)20-16(18)19-14/h2-6,8-9H,7H2,1H3,(H4,17,18,19,20). The second-order valence-electron chi connectivity index (χ2n) is 4.85. The molecule has 5 nitrogen and oxygen atoms in total. The average molecular weight is 280 g/mol. The Hall–Kier alpha value is -2.82. The van der Waals surface area contributed by atoms with E-state index in [1.165, 1.54) is 5.56 Å². The van der Waals surface area contributed by atoms with Crippen molar-refractivity contribution in [2.24, 2.45) is 0 Å². The molecule has 0 amide bonds. The molecule has 3 rings (SSSR count). The van der Waals surface area contributed by atoms with Crippen molar-refractivity contribution in [3.63, 3.8) is 0 Å². The third kappa shape index (κ3) is 2.72. The van der Waals surface area contributed by atoms with E-state index < -0.39 is 0 Å². The SMILES string of the molecule is COc1cccc(Cc2ccc3nc(N)nc(N)c3c2)c1. The molecule has 1 heterocycles. The molecule has 0 saturated heterocycles. The van der Waals surface area contributed by atoms with Crippen LogP contribution in [-0.4, -0.2) is 17.1 Å². The van der Waals surface area contributed by atoms with E-state index in [4.69, 9.17) is 16.2 Å². The number of nitrogens with zero attached hydrogens (tertiary/aromatic N) is 2. The number of hydrogen-bond acceptors (Lipinski definition) is 5. The van der Waals surface area contributed by atoms with Crippen LogP contribution in [-0.2, 0) is 6.42 Å². The van der Waals surface area contributed by atoms with Crippen LogP contribution < -0.4 is 16.2 Å². The van der Waals surface area contributed by atoms with Gasteiger partial charge in [0.1, 0.15) is 11.6 Å². The molecule has 1 aromatic heterocycles. The van der Waals surface area contributed by atoms with Crippen molar-refractivity contribution in [1.82, 2.24) is 9.97 Å². The quantitative estimate of drug-likeness (QED) is 0.769. The monoisotopic (exact) mass is 280 g/mol. The number of fused-ring (bicyclic) bond motifs is 1. The molecule has 3 aromatic rings. The fourth-order valence-corrected chi connectivity index (χ4v) is 2.35. The van der Waals surface area contributed by atoms with Gasteiger partial charge in [-0.1, -0.05) is 18.2 Å². The van der Waals surface area contributed by atoms with E-state index in [1.807, 2.05) is 36.4 Å². The predicted molar refractivity (Wildman–Crippen MR) is 84.2 cm³/mol. The van der Waals surface area contributed by atoms with E-state index in [9.17, 15) is 0 Å². The second-order valence-corrected chi connectivity index (χ2v) is 4.85. The van der Waals surface area contributed by atoms with Crippen LogP contribution in [0.15, 0.2) is 42.5 Å². The molecule has 4 N–H and O–H groups in total. The summed E-state index contributed by atoms with van der Waals surface area (Å²) in [4.78, 5) is 8.18. The van der Waals surface area contributed by atoms with Crippen molar-refractivity contribution >= 4 is 22.7 Å². The number of methoxy groups -OCH3 is 1. The Balaban J connectivity index is 1.97. The van der Waals surface area contributed by atoms with Gasteiger partial charge in [-0.3, -0.25) is 0 Å². The maximum absolute atomic E-state index is 5.91. The third-order valence-electron chi connectivity index (χ3n) is 3.35. The zero-order chi connectivity index (χ0) is 14.8.